The van der Waals surface area contributed by atoms with Gasteiger partial charge in [0.1, 0.15) is 21.5 Å². The molecule has 1 saturated carbocycles. The van der Waals surface area contributed by atoms with Gasteiger partial charge in [0.2, 0.25) is 0 Å². The third-order valence-electron chi connectivity index (χ3n) is 4.19. The van der Waals surface area contributed by atoms with Gasteiger partial charge in [-0.3, -0.25) is 10.1 Å². The Morgan fingerprint density at radius 2 is 1.89 bits per heavy atom. The summed E-state index contributed by atoms with van der Waals surface area (Å²) in [5.41, 5.74) is -0.140. The summed E-state index contributed by atoms with van der Waals surface area (Å²) in [6.45, 7) is 5.50. The van der Waals surface area contributed by atoms with Gasteiger partial charge in [0.25, 0.3) is 0 Å². The zero-order valence-electron chi connectivity index (χ0n) is 16.0. The highest BCUT2D eigenvalue weighted by atomic mass is 79.9. The maximum absolute atomic E-state index is 11.9. The van der Waals surface area contributed by atoms with Crippen molar-refractivity contribution in [2.24, 2.45) is 0 Å². The van der Waals surface area contributed by atoms with Crippen molar-refractivity contribution in [1.82, 2.24) is 5.32 Å². The maximum atomic E-state index is 11.9. The van der Waals surface area contributed by atoms with E-state index >= 15 is 0 Å². The van der Waals surface area contributed by atoms with E-state index in [0.717, 1.165) is 25.7 Å². The molecule has 1 aromatic rings. The van der Waals surface area contributed by atoms with Gasteiger partial charge in [0.15, 0.2) is 0 Å². The van der Waals surface area contributed by atoms with Crippen LogP contribution < -0.4 is 15.4 Å². The molecule has 0 saturated heterocycles. The molecule has 1 fully saturated rings. The van der Waals surface area contributed by atoms with Crippen LogP contribution in [0.25, 0.3) is 0 Å². The number of anilines is 1. The van der Waals surface area contributed by atoms with Gasteiger partial charge in [-0.2, -0.15) is 0 Å². The van der Waals surface area contributed by atoms with Crippen LogP contribution in [0.5, 0.6) is 5.75 Å². The number of carbonyl (C=O) groups excluding carboxylic acids is 1. The minimum Gasteiger partial charge on any atom is -0.490 e. The van der Waals surface area contributed by atoms with Gasteiger partial charge in [0.05, 0.1) is 11.0 Å². The maximum Gasteiger partial charge on any atom is 0.407 e. The summed E-state index contributed by atoms with van der Waals surface area (Å²) in [6, 6.07) is 3.31. The van der Waals surface area contributed by atoms with Crippen molar-refractivity contribution in [2.45, 2.75) is 64.2 Å². The molecule has 0 spiro atoms. The van der Waals surface area contributed by atoms with Gasteiger partial charge < -0.3 is 20.1 Å². The number of ether oxygens (including phenoxy) is 2. The van der Waals surface area contributed by atoms with E-state index in [-0.39, 0.29) is 17.8 Å². The van der Waals surface area contributed by atoms with E-state index in [2.05, 4.69) is 26.6 Å². The fourth-order valence-electron chi connectivity index (χ4n) is 3.01. The number of halogens is 1. The number of rotatable bonds is 5. The number of nitro benzene ring substituents is 1. The van der Waals surface area contributed by atoms with E-state index in [1.54, 1.807) is 19.2 Å². The molecule has 0 heterocycles. The number of hydrogen-bond donors (Lipinski definition) is 2. The van der Waals surface area contributed by atoms with Crippen LogP contribution in [0, 0.1) is 10.1 Å². The predicted octanol–water partition coefficient (Wildman–Crippen LogP) is 4.61. The number of nitrogens with zero attached hydrogens (tertiary/aromatic N) is 1. The highest BCUT2D eigenvalue weighted by Gasteiger charge is 2.27. The summed E-state index contributed by atoms with van der Waals surface area (Å²) in [5.74, 6) is 0.570. The van der Waals surface area contributed by atoms with Crippen LogP contribution in [-0.2, 0) is 4.74 Å². The Bertz CT molecular complexity index is 697. The monoisotopic (exact) mass is 443 g/mol. The summed E-state index contributed by atoms with van der Waals surface area (Å²) < 4.78 is 11.7. The van der Waals surface area contributed by atoms with Gasteiger partial charge in [-0.05, 0) is 62.4 Å². The second-order valence-electron chi connectivity index (χ2n) is 7.55. The summed E-state index contributed by atoms with van der Waals surface area (Å²) in [6.07, 6.45) is 2.74. The number of benzene rings is 1. The van der Waals surface area contributed by atoms with Gasteiger partial charge in [-0.1, -0.05) is 0 Å². The Balaban J connectivity index is 1.91. The van der Waals surface area contributed by atoms with E-state index in [4.69, 9.17) is 9.47 Å². The second kappa shape index (κ2) is 8.77. The second-order valence-corrected chi connectivity index (χ2v) is 8.40. The van der Waals surface area contributed by atoms with Crippen LogP contribution in [0.4, 0.5) is 16.2 Å². The molecule has 1 amide bonds. The lowest BCUT2D eigenvalue weighted by atomic mass is 9.93. The van der Waals surface area contributed by atoms with Gasteiger partial charge in [-0.25, -0.2) is 4.79 Å². The molecule has 27 heavy (non-hydrogen) atoms. The van der Waals surface area contributed by atoms with E-state index in [0.29, 0.717) is 15.9 Å². The number of alkyl carbamates (subject to hydrolysis) is 1. The summed E-state index contributed by atoms with van der Waals surface area (Å²) in [7, 11) is 1.63. The Morgan fingerprint density at radius 1 is 1.26 bits per heavy atom. The standard InChI is InChI=1S/C18H26BrN3O5/c1-18(2,3)27-17(23)21-11-5-7-12(8-6-11)26-13-9-14(19)16(22(24)25)15(10-13)20-4/h9-12,20H,5-8H2,1-4H3,(H,21,23). The molecule has 0 aromatic heterocycles. The molecular weight excluding hydrogens is 418 g/mol. The Hall–Kier alpha value is -2.03. The van der Waals surface area contributed by atoms with Crippen LogP contribution in [-0.4, -0.2) is 35.8 Å². The van der Waals surface area contributed by atoms with E-state index in [1.807, 2.05) is 20.8 Å². The molecule has 8 nitrogen and oxygen atoms in total. The molecule has 2 N–H and O–H groups in total. The van der Waals surface area contributed by atoms with E-state index in [1.165, 1.54) is 0 Å². The van der Waals surface area contributed by atoms with Gasteiger partial charge >= 0.3 is 11.8 Å². The van der Waals surface area contributed by atoms with Crippen molar-refractivity contribution >= 4 is 33.4 Å². The fourth-order valence-corrected chi connectivity index (χ4v) is 3.59. The molecule has 1 aliphatic rings. The third kappa shape index (κ3) is 6.27. The highest BCUT2D eigenvalue weighted by molar-refractivity contribution is 9.10. The highest BCUT2D eigenvalue weighted by Crippen LogP contribution is 2.38. The largest absolute Gasteiger partial charge is 0.490 e. The number of carbonyl (C=O) groups is 1. The van der Waals surface area contributed by atoms with Crippen molar-refractivity contribution in [3.8, 4) is 5.75 Å². The number of nitrogens with one attached hydrogen (secondary N) is 2. The van der Waals surface area contributed by atoms with Crippen LogP contribution in [0.1, 0.15) is 46.5 Å². The smallest absolute Gasteiger partial charge is 0.407 e. The molecule has 0 aliphatic heterocycles. The fraction of sp³-hybridized carbons (Fsp3) is 0.611. The molecule has 150 valence electrons. The van der Waals surface area contributed by atoms with Crippen LogP contribution in [0.15, 0.2) is 16.6 Å². The minimum absolute atomic E-state index is 0.000233. The molecule has 0 radical (unpaired) electrons. The number of hydrogen-bond acceptors (Lipinski definition) is 6. The topological polar surface area (TPSA) is 103 Å². The van der Waals surface area contributed by atoms with Crippen molar-refractivity contribution in [1.29, 1.82) is 0 Å². The lowest BCUT2D eigenvalue weighted by molar-refractivity contribution is -0.384. The molecule has 9 heteroatoms. The average molecular weight is 444 g/mol. The van der Waals surface area contributed by atoms with Crippen molar-refractivity contribution in [2.75, 3.05) is 12.4 Å². The van der Waals surface area contributed by atoms with E-state index < -0.39 is 16.6 Å². The zero-order valence-corrected chi connectivity index (χ0v) is 17.6. The number of nitro groups is 1. The van der Waals surface area contributed by atoms with Crippen molar-refractivity contribution in [3.63, 3.8) is 0 Å². The zero-order chi connectivity index (χ0) is 20.2. The van der Waals surface area contributed by atoms with Gasteiger partial charge in [-0.15, -0.1) is 0 Å². The first kappa shape index (κ1) is 21.3. The normalized spacial score (nSPS) is 19.9. The summed E-state index contributed by atoms with van der Waals surface area (Å²) in [5, 5.41) is 16.9. The molecule has 2 rings (SSSR count). The SMILES string of the molecule is CNc1cc(OC2CCC(NC(=O)OC(C)(C)C)CC2)cc(Br)c1[N+](=O)[O-]. The van der Waals surface area contributed by atoms with Crippen molar-refractivity contribution < 1.29 is 19.2 Å². The van der Waals surface area contributed by atoms with Crippen molar-refractivity contribution in [3.05, 3.63) is 26.7 Å². The van der Waals surface area contributed by atoms with Crippen LogP contribution in [0.2, 0.25) is 0 Å². The Kier molecular flexibility index (Phi) is 6.91. The van der Waals surface area contributed by atoms with E-state index in [9.17, 15) is 14.9 Å². The minimum atomic E-state index is -0.515. The quantitative estimate of drug-likeness (QED) is 0.508. The summed E-state index contributed by atoms with van der Waals surface area (Å²) >= 11 is 3.24. The third-order valence-corrected chi connectivity index (χ3v) is 4.79. The summed E-state index contributed by atoms with van der Waals surface area (Å²) in [4.78, 5) is 22.6. The molecule has 1 aromatic carbocycles. The lowest BCUT2D eigenvalue weighted by Crippen LogP contribution is -2.42. The molecule has 0 unspecified atom stereocenters. The lowest BCUT2D eigenvalue weighted by Gasteiger charge is -2.30. The number of amides is 1. The first-order valence-corrected chi connectivity index (χ1v) is 9.70. The van der Waals surface area contributed by atoms with Crippen LogP contribution >= 0.6 is 15.9 Å². The molecule has 0 bridgehead atoms. The molecule has 0 atom stereocenters. The first-order chi connectivity index (χ1) is 12.6. The Morgan fingerprint density at radius 3 is 2.41 bits per heavy atom. The molecule has 1 aliphatic carbocycles. The van der Waals surface area contributed by atoms with Gasteiger partial charge in [0, 0.05) is 25.2 Å². The van der Waals surface area contributed by atoms with Crippen LogP contribution in [0.3, 0.4) is 0 Å². The Labute approximate surface area is 167 Å². The molecular formula is C18H26BrN3O5. The average Bonchev–Trinajstić information content (AvgIpc) is 2.53. The first-order valence-electron chi connectivity index (χ1n) is 8.91. The predicted molar refractivity (Wildman–Crippen MR) is 106 cm³/mol.